The highest BCUT2D eigenvalue weighted by Gasteiger charge is 2.13. The molecule has 84 valence electrons. The van der Waals surface area contributed by atoms with E-state index in [0.29, 0.717) is 23.8 Å². The van der Waals surface area contributed by atoms with Gasteiger partial charge in [-0.15, -0.1) is 22.9 Å². The number of halogens is 1. The first-order valence-corrected chi connectivity index (χ1v) is 5.93. The maximum absolute atomic E-state index is 11.6. The summed E-state index contributed by atoms with van der Waals surface area (Å²) in [5, 5.41) is 2.84. The van der Waals surface area contributed by atoms with Gasteiger partial charge in [-0.2, -0.15) is 0 Å². The predicted molar refractivity (Wildman–Crippen MR) is 60.6 cm³/mol. The molecule has 1 amide bonds. The molecule has 0 aliphatic heterocycles. The fraction of sp³-hybridized carbons (Fsp3) is 0.556. The van der Waals surface area contributed by atoms with E-state index in [-0.39, 0.29) is 11.9 Å². The molecule has 1 heterocycles. The highest BCUT2D eigenvalue weighted by Crippen LogP contribution is 2.06. The van der Waals surface area contributed by atoms with Crippen molar-refractivity contribution in [3.63, 3.8) is 0 Å². The van der Waals surface area contributed by atoms with E-state index in [0.717, 1.165) is 0 Å². The predicted octanol–water partition coefficient (Wildman–Crippen LogP) is 1.52. The summed E-state index contributed by atoms with van der Waals surface area (Å²) in [6, 6.07) is -0.0397. The van der Waals surface area contributed by atoms with Crippen LogP contribution in [0.25, 0.3) is 0 Å². The van der Waals surface area contributed by atoms with Gasteiger partial charge in [0.25, 0.3) is 5.91 Å². The summed E-state index contributed by atoms with van der Waals surface area (Å²) in [5.74, 6) is 0.376. The molecule has 15 heavy (non-hydrogen) atoms. The number of thiazole rings is 1. The number of nitrogens with zero attached hydrogens (tertiary/aromatic N) is 1. The largest absolute Gasteiger partial charge is 0.383 e. The van der Waals surface area contributed by atoms with Crippen molar-refractivity contribution in [3.05, 3.63) is 16.6 Å². The SMILES string of the molecule is COCC(CCCl)NC(=O)c1cncs1. The lowest BCUT2D eigenvalue weighted by atomic mass is 10.2. The number of hydrogen-bond acceptors (Lipinski definition) is 4. The van der Waals surface area contributed by atoms with Gasteiger partial charge in [0.1, 0.15) is 4.88 Å². The third kappa shape index (κ3) is 4.15. The van der Waals surface area contributed by atoms with Gasteiger partial charge in [0.15, 0.2) is 0 Å². The molecule has 6 heteroatoms. The standard InChI is InChI=1S/C9H13ClN2O2S/c1-14-5-7(2-3-10)12-9(13)8-4-11-6-15-8/h4,6-7H,2-3,5H2,1H3,(H,12,13). The Morgan fingerprint density at radius 2 is 2.60 bits per heavy atom. The molecule has 1 atom stereocenters. The molecule has 1 aromatic rings. The molecule has 1 N–H and O–H groups in total. The number of hydrogen-bond donors (Lipinski definition) is 1. The first-order valence-electron chi connectivity index (χ1n) is 4.52. The van der Waals surface area contributed by atoms with Gasteiger partial charge in [-0.3, -0.25) is 9.78 Å². The number of amides is 1. The van der Waals surface area contributed by atoms with E-state index >= 15 is 0 Å². The van der Waals surface area contributed by atoms with Crippen molar-refractivity contribution >= 4 is 28.8 Å². The number of rotatable bonds is 6. The molecule has 0 aliphatic carbocycles. The van der Waals surface area contributed by atoms with Gasteiger partial charge in [-0.05, 0) is 6.42 Å². The Hall–Kier alpha value is -0.650. The highest BCUT2D eigenvalue weighted by atomic mass is 35.5. The molecular formula is C9H13ClN2O2S. The molecule has 0 fully saturated rings. The minimum absolute atomic E-state index is 0.0397. The number of alkyl halides is 1. The number of aromatic nitrogens is 1. The minimum atomic E-state index is -0.121. The number of carbonyl (C=O) groups is 1. The van der Waals surface area contributed by atoms with Gasteiger partial charge in [0, 0.05) is 13.0 Å². The fourth-order valence-electron chi connectivity index (χ4n) is 1.11. The summed E-state index contributed by atoms with van der Waals surface area (Å²) in [4.78, 5) is 16.1. The van der Waals surface area contributed by atoms with Crippen LogP contribution in [-0.2, 0) is 4.74 Å². The molecule has 0 spiro atoms. The molecule has 1 aromatic heterocycles. The number of methoxy groups -OCH3 is 1. The van der Waals surface area contributed by atoms with Crippen LogP contribution in [0.1, 0.15) is 16.1 Å². The Labute approximate surface area is 97.6 Å². The Morgan fingerprint density at radius 3 is 3.13 bits per heavy atom. The van der Waals surface area contributed by atoms with E-state index in [1.54, 1.807) is 18.8 Å². The molecule has 0 saturated heterocycles. The second-order valence-electron chi connectivity index (χ2n) is 2.97. The van der Waals surface area contributed by atoms with Gasteiger partial charge in [0.05, 0.1) is 24.4 Å². The van der Waals surface area contributed by atoms with Crippen LogP contribution < -0.4 is 5.32 Å². The monoisotopic (exact) mass is 248 g/mol. The van der Waals surface area contributed by atoms with Crippen molar-refractivity contribution < 1.29 is 9.53 Å². The van der Waals surface area contributed by atoms with Gasteiger partial charge in [-0.25, -0.2) is 0 Å². The second kappa shape index (κ2) is 6.76. The molecule has 0 aromatic carbocycles. The van der Waals surface area contributed by atoms with Crippen LogP contribution in [0, 0.1) is 0 Å². The van der Waals surface area contributed by atoms with Gasteiger partial charge in [-0.1, -0.05) is 0 Å². The molecule has 0 aliphatic rings. The van der Waals surface area contributed by atoms with Crippen molar-refractivity contribution in [2.45, 2.75) is 12.5 Å². The Balaban J connectivity index is 2.47. The van der Waals surface area contributed by atoms with E-state index in [9.17, 15) is 4.79 Å². The lowest BCUT2D eigenvalue weighted by molar-refractivity contribution is 0.0899. The summed E-state index contributed by atoms with van der Waals surface area (Å²) in [6.07, 6.45) is 2.24. The zero-order valence-electron chi connectivity index (χ0n) is 8.40. The lowest BCUT2D eigenvalue weighted by Gasteiger charge is -2.15. The first kappa shape index (κ1) is 12.4. The topological polar surface area (TPSA) is 51.2 Å². The van der Waals surface area contributed by atoms with Crippen molar-refractivity contribution in [2.75, 3.05) is 19.6 Å². The van der Waals surface area contributed by atoms with E-state index in [1.165, 1.54) is 11.3 Å². The molecule has 0 radical (unpaired) electrons. The summed E-state index contributed by atoms with van der Waals surface area (Å²) >= 11 is 6.94. The molecule has 1 rings (SSSR count). The van der Waals surface area contributed by atoms with Gasteiger partial charge < -0.3 is 10.1 Å². The van der Waals surface area contributed by atoms with Crippen LogP contribution >= 0.6 is 22.9 Å². The van der Waals surface area contributed by atoms with E-state index < -0.39 is 0 Å². The van der Waals surface area contributed by atoms with Crippen molar-refractivity contribution in [3.8, 4) is 0 Å². The summed E-state index contributed by atoms with van der Waals surface area (Å²) in [5.41, 5.74) is 1.63. The first-order chi connectivity index (χ1) is 7.27. The van der Waals surface area contributed by atoms with Crippen molar-refractivity contribution in [1.29, 1.82) is 0 Å². The average Bonchev–Trinajstić information content (AvgIpc) is 2.71. The zero-order chi connectivity index (χ0) is 11.1. The normalized spacial score (nSPS) is 12.4. The molecule has 0 bridgehead atoms. The van der Waals surface area contributed by atoms with Crippen LogP contribution in [0.2, 0.25) is 0 Å². The van der Waals surface area contributed by atoms with Crippen LogP contribution in [0.4, 0.5) is 0 Å². The Morgan fingerprint density at radius 1 is 1.80 bits per heavy atom. The van der Waals surface area contributed by atoms with E-state index in [1.807, 2.05) is 0 Å². The van der Waals surface area contributed by atoms with Crippen LogP contribution in [-0.4, -0.2) is 36.5 Å². The van der Waals surface area contributed by atoms with Crippen LogP contribution in [0.3, 0.4) is 0 Å². The maximum atomic E-state index is 11.6. The molecule has 0 saturated carbocycles. The van der Waals surface area contributed by atoms with E-state index in [4.69, 9.17) is 16.3 Å². The molecule has 1 unspecified atom stereocenters. The Kier molecular flexibility index (Phi) is 5.60. The lowest BCUT2D eigenvalue weighted by Crippen LogP contribution is -2.38. The zero-order valence-corrected chi connectivity index (χ0v) is 9.98. The number of nitrogens with one attached hydrogen (secondary N) is 1. The van der Waals surface area contributed by atoms with Crippen molar-refractivity contribution in [1.82, 2.24) is 10.3 Å². The summed E-state index contributed by atoms with van der Waals surface area (Å²) in [7, 11) is 1.60. The molecular weight excluding hydrogens is 236 g/mol. The van der Waals surface area contributed by atoms with Crippen molar-refractivity contribution in [2.24, 2.45) is 0 Å². The number of ether oxygens (including phenoxy) is 1. The molecule has 4 nitrogen and oxygen atoms in total. The summed E-state index contributed by atoms with van der Waals surface area (Å²) < 4.78 is 4.99. The highest BCUT2D eigenvalue weighted by molar-refractivity contribution is 7.11. The fourth-order valence-corrected chi connectivity index (χ4v) is 1.90. The third-order valence-electron chi connectivity index (χ3n) is 1.82. The maximum Gasteiger partial charge on any atom is 0.263 e. The van der Waals surface area contributed by atoms with Gasteiger partial charge >= 0.3 is 0 Å². The second-order valence-corrected chi connectivity index (χ2v) is 4.23. The smallest absolute Gasteiger partial charge is 0.263 e. The minimum Gasteiger partial charge on any atom is -0.383 e. The van der Waals surface area contributed by atoms with Crippen LogP contribution in [0.5, 0.6) is 0 Å². The van der Waals surface area contributed by atoms with E-state index in [2.05, 4.69) is 10.3 Å². The van der Waals surface area contributed by atoms with Gasteiger partial charge in [0.2, 0.25) is 0 Å². The quantitative estimate of drug-likeness (QED) is 0.777. The average molecular weight is 249 g/mol. The third-order valence-corrected chi connectivity index (χ3v) is 2.81. The Bertz CT molecular complexity index is 286. The number of carbonyl (C=O) groups excluding carboxylic acids is 1. The summed E-state index contributed by atoms with van der Waals surface area (Å²) in [6.45, 7) is 0.470. The van der Waals surface area contributed by atoms with Crippen LogP contribution in [0.15, 0.2) is 11.7 Å².